The third-order valence-electron chi connectivity index (χ3n) is 1.87. The smallest absolute Gasteiger partial charge is 0.318 e. The molecule has 0 saturated heterocycles. The Bertz CT molecular complexity index is 352. The summed E-state index contributed by atoms with van der Waals surface area (Å²) >= 11 is 5.96. The van der Waals surface area contributed by atoms with E-state index in [0.717, 1.165) is 10.6 Å². The van der Waals surface area contributed by atoms with Crippen LogP contribution in [0.15, 0.2) is 37.0 Å². The van der Waals surface area contributed by atoms with Gasteiger partial charge in [0, 0.05) is 11.6 Å². The zero-order chi connectivity index (χ0) is 11.1. The van der Waals surface area contributed by atoms with Gasteiger partial charge in [0.05, 0.1) is 0 Å². The van der Waals surface area contributed by atoms with E-state index in [1.54, 1.807) is 0 Å². The number of nitrogens with one attached hydrogen (secondary N) is 2. The molecule has 80 valence electrons. The molecule has 1 aromatic carbocycles. The second-order valence-electron chi connectivity index (χ2n) is 2.95. The van der Waals surface area contributed by atoms with Crippen molar-refractivity contribution in [1.29, 1.82) is 0 Å². The van der Waals surface area contributed by atoms with Gasteiger partial charge in [-0.05, 0) is 24.3 Å². The Labute approximate surface area is 94.1 Å². The Balaban J connectivity index is 2.35. The van der Waals surface area contributed by atoms with Crippen molar-refractivity contribution in [2.75, 3.05) is 6.54 Å². The highest BCUT2D eigenvalue weighted by molar-refractivity contribution is 6.31. The lowest BCUT2D eigenvalue weighted by Crippen LogP contribution is -2.33. The minimum Gasteiger partial charge on any atom is -0.338 e. The molecule has 3 nitrogen and oxygen atoms in total. The molecular formula is C11H13ClN2O. The van der Waals surface area contributed by atoms with Gasteiger partial charge in [0.15, 0.2) is 0 Å². The molecule has 0 atom stereocenters. The van der Waals surface area contributed by atoms with Gasteiger partial charge in [-0.25, -0.2) is 4.79 Å². The van der Waals surface area contributed by atoms with Gasteiger partial charge in [-0.1, -0.05) is 36.4 Å². The number of hydrogen-bond acceptors (Lipinski definition) is 1. The number of urea groups is 1. The highest BCUT2D eigenvalue weighted by Gasteiger charge is 2.00. The van der Waals surface area contributed by atoms with Gasteiger partial charge in [-0.3, -0.25) is 0 Å². The standard InChI is InChI=1S/C11H13ClN2O/c1-2-13-11(15)14-8-7-9-5-3-4-6-10(9)12/h2-6H,1,7-8H2,(H2,13,14,15). The van der Waals surface area contributed by atoms with Crippen LogP contribution in [0, 0.1) is 0 Å². The second kappa shape index (κ2) is 6.09. The molecule has 0 bridgehead atoms. The molecule has 1 aromatic rings. The molecule has 4 heteroatoms. The summed E-state index contributed by atoms with van der Waals surface area (Å²) in [5.74, 6) is 0. The molecular weight excluding hydrogens is 212 g/mol. The summed E-state index contributed by atoms with van der Waals surface area (Å²) in [6.07, 6.45) is 2.05. The summed E-state index contributed by atoms with van der Waals surface area (Å²) in [5.41, 5.74) is 1.03. The van der Waals surface area contributed by atoms with Crippen LogP contribution in [-0.2, 0) is 6.42 Å². The summed E-state index contributed by atoms with van der Waals surface area (Å²) < 4.78 is 0. The molecule has 0 spiro atoms. The second-order valence-corrected chi connectivity index (χ2v) is 3.35. The van der Waals surface area contributed by atoms with Gasteiger partial charge < -0.3 is 10.6 Å². The fourth-order valence-corrected chi connectivity index (χ4v) is 1.39. The molecule has 2 amide bonds. The van der Waals surface area contributed by atoms with Crippen molar-refractivity contribution >= 4 is 17.6 Å². The van der Waals surface area contributed by atoms with Crippen molar-refractivity contribution in [3.8, 4) is 0 Å². The number of halogens is 1. The highest BCUT2D eigenvalue weighted by atomic mass is 35.5. The van der Waals surface area contributed by atoms with Gasteiger partial charge in [0.25, 0.3) is 0 Å². The first kappa shape index (κ1) is 11.6. The van der Waals surface area contributed by atoms with Crippen molar-refractivity contribution in [2.45, 2.75) is 6.42 Å². The van der Waals surface area contributed by atoms with Crippen molar-refractivity contribution < 1.29 is 4.79 Å². The third-order valence-corrected chi connectivity index (χ3v) is 2.24. The Hall–Kier alpha value is -1.48. The van der Waals surface area contributed by atoms with Gasteiger partial charge in [0.1, 0.15) is 0 Å². The molecule has 0 aliphatic heterocycles. The predicted molar refractivity (Wildman–Crippen MR) is 61.9 cm³/mol. The van der Waals surface area contributed by atoms with Crippen LogP contribution in [0.5, 0.6) is 0 Å². The lowest BCUT2D eigenvalue weighted by Gasteiger charge is -2.05. The van der Waals surface area contributed by atoms with Crippen LogP contribution < -0.4 is 10.6 Å². The first-order chi connectivity index (χ1) is 7.24. The zero-order valence-corrected chi connectivity index (χ0v) is 9.05. The Kier molecular flexibility index (Phi) is 4.71. The normalized spacial score (nSPS) is 9.40. The van der Waals surface area contributed by atoms with Crippen molar-refractivity contribution in [2.24, 2.45) is 0 Å². The number of amides is 2. The first-order valence-electron chi connectivity index (χ1n) is 4.62. The van der Waals surface area contributed by atoms with Crippen LogP contribution in [0.3, 0.4) is 0 Å². The van der Waals surface area contributed by atoms with Crippen LogP contribution in [0.4, 0.5) is 4.79 Å². The lowest BCUT2D eigenvalue weighted by molar-refractivity contribution is 0.244. The van der Waals surface area contributed by atoms with Crippen LogP contribution >= 0.6 is 11.6 Å². The molecule has 1 rings (SSSR count). The average Bonchev–Trinajstić information content (AvgIpc) is 2.21. The maximum Gasteiger partial charge on any atom is 0.318 e. The molecule has 0 radical (unpaired) electrons. The number of rotatable bonds is 4. The molecule has 0 aliphatic carbocycles. The molecule has 0 fully saturated rings. The van der Waals surface area contributed by atoms with Gasteiger partial charge in [-0.15, -0.1) is 0 Å². The summed E-state index contributed by atoms with van der Waals surface area (Å²) in [5, 5.41) is 5.83. The third kappa shape index (κ3) is 4.04. The lowest BCUT2D eigenvalue weighted by atomic mass is 10.1. The topological polar surface area (TPSA) is 41.1 Å². The average molecular weight is 225 g/mol. The summed E-state index contributed by atoms with van der Waals surface area (Å²) in [7, 11) is 0. The molecule has 0 saturated carbocycles. The Morgan fingerprint density at radius 3 is 2.87 bits per heavy atom. The minimum atomic E-state index is -0.253. The van der Waals surface area contributed by atoms with E-state index in [1.807, 2.05) is 24.3 Å². The van der Waals surface area contributed by atoms with Crippen molar-refractivity contribution in [3.63, 3.8) is 0 Å². The highest BCUT2D eigenvalue weighted by Crippen LogP contribution is 2.14. The Morgan fingerprint density at radius 2 is 2.20 bits per heavy atom. The van der Waals surface area contributed by atoms with E-state index in [2.05, 4.69) is 17.2 Å². The number of benzene rings is 1. The quantitative estimate of drug-likeness (QED) is 0.810. The van der Waals surface area contributed by atoms with Crippen LogP contribution in [0.2, 0.25) is 5.02 Å². The van der Waals surface area contributed by atoms with Crippen molar-refractivity contribution in [1.82, 2.24) is 10.6 Å². The Morgan fingerprint density at radius 1 is 1.47 bits per heavy atom. The molecule has 2 N–H and O–H groups in total. The molecule has 0 aliphatic rings. The number of hydrogen-bond donors (Lipinski definition) is 2. The van der Waals surface area contributed by atoms with E-state index in [4.69, 9.17) is 11.6 Å². The molecule has 0 unspecified atom stereocenters. The summed E-state index contributed by atoms with van der Waals surface area (Å²) in [6.45, 7) is 3.93. The zero-order valence-electron chi connectivity index (χ0n) is 8.29. The molecule has 0 heterocycles. The van der Waals surface area contributed by atoms with E-state index in [-0.39, 0.29) is 6.03 Å². The molecule has 15 heavy (non-hydrogen) atoms. The van der Waals surface area contributed by atoms with Crippen LogP contribution in [-0.4, -0.2) is 12.6 Å². The fraction of sp³-hybridized carbons (Fsp3) is 0.182. The summed E-state index contributed by atoms with van der Waals surface area (Å²) in [6, 6.07) is 7.32. The van der Waals surface area contributed by atoms with Crippen LogP contribution in [0.25, 0.3) is 0 Å². The van der Waals surface area contributed by atoms with Crippen LogP contribution in [0.1, 0.15) is 5.56 Å². The van der Waals surface area contributed by atoms with E-state index in [1.165, 1.54) is 6.20 Å². The number of carbonyl (C=O) groups is 1. The predicted octanol–water partition coefficient (Wildman–Crippen LogP) is 2.33. The van der Waals surface area contributed by atoms with E-state index in [9.17, 15) is 4.79 Å². The van der Waals surface area contributed by atoms with Gasteiger partial charge in [-0.2, -0.15) is 0 Å². The van der Waals surface area contributed by atoms with Gasteiger partial charge >= 0.3 is 6.03 Å². The maximum absolute atomic E-state index is 11.0. The largest absolute Gasteiger partial charge is 0.338 e. The van der Waals surface area contributed by atoms with Crippen molar-refractivity contribution in [3.05, 3.63) is 47.6 Å². The van der Waals surface area contributed by atoms with E-state index < -0.39 is 0 Å². The van der Waals surface area contributed by atoms with E-state index in [0.29, 0.717) is 13.0 Å². The first-order valence-corrected chi connectivity index (χ1v) is 5.00. The fourth-order valence-electron chi connectivity index (χ4n) is 1.16. The SMILES string of the molecule is C=CNC(=O)NCCc1ccccc1Cl. The summed E-state index contributed by atoms with van der Waals surface area (Å²) in [4.78, 5) is 11.0. The monoisotopic (exact) mass is 224 g/mol. The molecule has 0 aromatic heterocycles. The number of carbonyl (C=O) groups excluding carboxylic acids is 1. The maximum atomic E-state index is 11.0. The van der Waals surface area contributed by atoms with E-state index >= 15 is 0 Å². The minimum absolute atomic E-state index is 0.253. The van der Waals surface area contributed by atoms with Gasteiger partial charge in [0.2, 0.25) is 0 Å².